The zero-order chi connectivity index (χ0) is 13.2. The molecule has 0 nitrogen and oxygen atoms in total. The zero-order valence-corrected chi connectivity index (χ0v) is 14.3. The molecule has 1 rings (SSSR count). The molecule has 1 aromatic rings. The summed E-state index contributed by atoms with van der Waals surface area (Å²) in [5, 5.41) is 0. The number of hydrogen-bond acceptors (Lipinski definition) is 1. The lowest BCUT2D eigenvalue weighted by Crippen LogP contribution is -2.12. The fourth-order valence-corrected chi connectivity index (χ4v) is 4.82. The molecule has 0 N–H and O–H groups in total. The van der Waals surface area contributed by atoms with Crippen molar-refractivity contribution in [2.24, 2.45) is 11.3 Å². The van der Waals surface area contributed by atoms with Crippen LogP contribution in [0.2, 0.25) is 0 Å². The highest BCUT2D eigenvalue weighted by molar-refractivity contribution is 9.09. The van der Waals surface area contributed by atoms with Gasteiger partial charge >= 0.3 is 0 Å². The van der Waals surface area contributed by atoms with Crippen LogP contribution in [0.3, 0.4) is 0 Å². The van der Waals surface area contributed by atoms with Crippen molar-refractivity contribution >= 4 is 27.3 Å². The predicted octanol–water partition coefficient (Wildman–Crippen LogP) is 6.26. The van der Waals surface area contributed by atoms with Crippen LogP contribution in [0.5, 0.6) is 0 Å². The minimum atomic E-state index is 0.436. The van der Waals surface area contributed by atoms with Gasteiger partial charge in [0.2, 0.25) is 0 Å². The van der Waals surface area contributed by atoms with E-state index in [0.29, 0.717) is 10.2 Å². The van der Waals surface area contributed by atoms with E-state index in [1.54, 1.807) is 0 Å². The number of hydrogen-bond donors (Lipinski definition) is 0. The largest absolute Gasteiger partial charge is 0.146 e. The van der Waals surface area contributed by atoms with Gasteiger partial charge in [-0.05, 0) is 49.7 Å². The summed E-state index contributed by atoms with van der Waals surface area (Å²) >= 11 is 5.77. The molecule has 98 valence electrons. The Morgan fingerprint density at radius 3 is 2.29 bits per heavy atom. The molecule has 0 bridgehead atoms. The number of aryl methyl sites for hydroxylation is 2. The van der Waals surface area contributed by atoms with Crippen LogP contribution in [0.4, 0.5) is 0 Å². The van der Waals surface area contributed by atoms with Gasteiger partial charge in [0, 0.05) is 14.6 Å². The standard InChI is InChI=1S/C15H25BrS/c1-10(9-15(4,5)6)7-14(16)13-8-11(2)17-12(13)3/h8,10,14H,7,9H2,1-6H3. The Bertz CT molecular complexity index is 359. The summed E-state index contributed by atoms with van der Waals surface area (Å²) in [5.74, 6) is 0.763. The van der Waals surface area contributed by atoms with Gasteiger partial charge < -0.3 is 0 Å². The monoisotopic (exact) mass is 316 g/mol. The summed E-state index contributed by atoms with van der Waals surface area (Å²) in [7, 11) is 0. The topological polar surface area (TPSA) is 0 Å². The van der Waals surface area contributed by atoms with E-state index in [0.717, 1.165) is 5.92 Å². The van der Waals surface area contributed by atoms with Crippen LogP contribution >= 0.6 is 27.3 Å². The van der Waals surface area contributed by atoms with Gasteiger partial charge in [0.25, 0.3) is 0 Å². The smallest absolute Gasteiger partial charge is 0.0408 e. The highest BCUT2D eigenvalue weighted by atomic mass is 79.9. The van der Waals surface area contributed by atoms with E-state index >= 15 is 0 Å². The van der Waals surface area contributed by atoms with Gasteiger partial charge in [0.05, 0.1) is 0 Å². The Balaban J connectivity index is 2.60. The summed E-state index contributed by atoms with van der Waals surface area (Å²) in [6.07, 6.45) is 2.52. The molecule has 1 aromatic heterocycles. The second-order valence-electron chi connectivity index (χ2n) is 6.44. The molecule has 2 atom stereocenters. The van der Waals surface area contributed by atoms with Gasteiger partial charge in [0.15, 0.2) is 0 Å². The molecule has 0 aromatic carbocycles. The van der Waals surface area contributed by atoms with Crippen molar-refractivity contribution in [1.82, 2.24) is 0 Å². The molecule has 17 heavy (non-hydrogen) atoms. The number of rotatable bonds is 4. The van der Waals surface area contributed by atoms with Gasteiger partial charge in [-0.2, -0.15) is 0 Å². The van der Waals surface area contributed by atoms with Crippen molar-refractivity contribution in [2.75, 3.05) is 0 Å². The maximum atomic E-state index is 3.86. The lowest BCUT2D eigenvalue weighted by molar-refractivity contribution is 0.296. The van der Waals surface area contributed by atoms with Crippen LogP contribution in [-0.4, -0.2) is 0 Å². The van der Waals surface area contributed by atoms with E-state index in [2.05, 4.69) is 63.5 Å². The van der Waals surface area contributed by atoms with Gasteiger partial charge in [-0.3, -0.25) is 0 Å². The molecular formula is C15H25BrS. The maximum Gasteiger partial charge on any atom is 0.0408 e. The van der Waals surface area contributed by atoms with E-state index in [-0.39, 0.29) is 0 Å². The first-order chi connectivity index (χ1) is 7.69. The quantitative estimate of drug-likeness (QED) is 0.575. The highest BCUT2D eigenvalue weighted by Crippen LogP contribution is 2.38. The van der Waals surface area contributed by atoms with Crippen molar-refractivity contribution in [3.8, 4) is 0 Å². The van der Waals surface area contributed by atoms with Gasteiger partial charge in [-0.15, -0.1) is 11.3 Å². The summed E-state index contributed by atoms with van der Waals surface area (Å²) < 4.78 is 0. The SMILES string of the molecule is Cc1cc(C(Br)CC(C)CC(C)(C)C)c(C)s1. The molecule has 2 heteroatoms. The average molecular weight is 317 g/mol. The maximum absolute atomic E-state index is 3.86. The van der Waals surface area contributed by atoms with Crippen LogP contribution in [-0.2, 0) is 0 Å². The summed E-state index contributed by atoms with van der Waals surface area (Å²) in [6, 6.07) is 2.34. The predicted molar refractivity (Wildman–Crippen MR) is 83.3 cm³/mol. The lowest BCUT2D eigenvalue weighted by Gasteiger charge is -2.24. The molecule has 0 radical (unpaired) electrons. The first-order valence-electron chi connectivity index (χ1n) is 6.40. The Labute approximate surface area is 119 Å². The summed E-state index contributed by atoms with van der Waals surface area (Å²) in [5.41, 5.74) is 1.93. The number of thiophene rings is 1. The second-order valence-corrected chi connectivity index (χ2v) is 9.01. The lowest BCUT2D eigenvalue weighted by atomic mass is 9.83. The van der Waals surface area contributed by atoms with Crippen LogP contribution in [0.15, 0.2) is 6.07 Å². The molecule has 0 aliphatic heterocycles. The first-order valence-corrected chi connectivity index (χ1v) is 8.13. The fourth-order valence-electron chi connectivity index (χ4n) is 2.57. The van der Waals surface area contributed by atoms with E-state index < -0.39 is 0 Å². The van der Waals surface area contributed by atoms with E-state index in [1.807, 2.05) is 11.3 Å². The molecule has 0 saturated carbocycles. The molecule has 0 spiro atoms. The van der Waals surface area contributed by atoms with Gasteiger partial charge in [0.1, 0.15) is 0 Å². The second kappa shape index (κ2) is 5.88. The zero-order valence-electron chi connectivity index (χ0n) is 11.9. The molecule has 1 heterocycles. The molecule has 0 amide bonds. The average Bonchev–Trinajstić information content (AvgIpc) is 2.41. The van der Waals surface area contributed by atoms with E-state index in [9.17, 15) is 0 Å². The van der Waals surface area contributed by atoms with E-state index in [1.165, 1.54) is 28.2 Å². The third-order valence-corrected chi connectivity index (χ3v) is 4.84. The molecule has 2 unspecified atom stereocenters. The highest BCUT2D eigenvalue weighted by Gasteiger charge is 2.20. The molecule has 0 aliphatic rings. The van der Waals surface area contributed by atoms with Crippen LogP contribution in [0.1, 0.15) is 60.7 Å². The van der Waals surface area contributed by atoms with Crippen molar-refractivity contribution in [2.45, 2.75) is 59.2 Å². The van der Waals surface area contributed by atoms with Crippen LogP contribution in [0.25, 0.3) is 0 Å². The molecule has 0 saturated heterocycles. The van der Waals surface area contributed by atoms with Crippen LogP contribution < -0.4 is 0 Å². The Hall–Kier alpha value is 0.180. The van der Waals surface area contributed by atoms with Crippen molar-refractivity contribution in [1.29, 1.82) is 0 Å². The van der Waals surface area contributed by atoms with Crippen molar-refractivity contribution < 1.29 is 0 Å². The summed E-state index contributed by atoms with van der Waals surface area (Å²) in [4.78, 5) is 3.41. The fraction of sp³-hybridized carbons (Fsp3) is 0.733. The third-order valence-electron chi connectivity index (χ3n) is 2.99. The number of alkyl halides is 1. The van der Waals surface area contributed by atoms with Crippen LogP contribution in [0, 0.1) is 25.2 Å². The normalized spacial score (nSPS) is 15.9. The number of halogens is 1. The molecular weight excluding hydrogens is 292 g/mol. The van der Waals surface area contributed by atoms with Crippen molar-refractivity contribution in [3.63, 3.8) is 0 Å². The Kier molecular flexibility index (Phi) is 5.27. The third kappa shape index (κ3) is 5.13. The van der Waals surface area contributed by atoms with Gasteiger partial charge in [-0.25, -0.2) is 0 Å². The molecule has 0 aliphatic carbocycles. The summed E-state index contributed by atoms with van der Waals surface area (Å²) in [6.45, 7) is 13.8. The Morgan fingerprint density at radius 1 is 1.29 bits per heavy atom. The van der Waals surface area contributed by atoms with E-state index in [4.69, 9.17) is 0 Å². The first kappa shape index (κ1) is 15.2. The van der Waals surface area contributed by atoms with Crippen molar-refractivity contribution in [3.05, 3.63) is 21.4 Å². The minimum absolute atomic E-state index is 0.436. The van der Waals surface area contributed by atoms with Gasteiger partial charge in [-0.1, -0.05) is 43.6 Å². The molecule has 0 fully saturated rings. The Morgan fingerprint density at radius 2 is 1.88 bits per heavy atom. The minimum Gasteiger partial charge on any atom is -0.146 e.